The van der Waals surface area contributed by atoms with Crippen LogP contribution in [-0.4, -0.2) is 6.54 Å². The predicted molar refractivity (Wildman–Crippen MR) is 128 cm³/mol. The van der Waals surface area contributed by atoms with Gasteiger partial charge >= 0.3 is 0 Å². The van der Waals surface area contributed by atoms with E-state index in [-0.39, 0.29) is 0 Å². The van der Waals surface area contributed by atoms with Crippen molar-refractivity contribution in [3.63, 3.8) is 0 Å². The summed E-state index contributed by atoms with van der Waals surface area (Å²) in [7, 11) is 0. The van der Waals surface area contributed by atoms with Crippen LogP contribution in [0.4, 0.5) is 5.69 Å². The van der Waals surface area contributed by atoms with Crippen LogP contribution in [0.25, 0.3) is 11.6 Å². The van der Waals surface area contributed by atoms with Crippen LogP contribution >= 0.6 is 0 Å². The molecule has 3 aromatic rings. The fraction of sp³-hybridized carbons (Fsp3) is 0.214. The maximum Gasteiger partial charge on any atom is 0.0340 e. The first kappa shape index (κ1) is 20.7. The number of hydrogen-bond donors (Lipinski definition) is 1. The van der Waals surface area contributed by atoms with Gasteiger partial charge in [0, 0.05) is 12.2 Å². The van der Waals surface area contributed by atoms with Gasteiger partial charge in [0.1, 0.15) is 0 Å². The molecule has 0 unspecified atom stereocenters. The van der Waals surface area contributed by atoms with E-state index in [1.54, 1.807) is 0 Å². The Morgan fingerprint density at radius 3 is 1.76 bits per heavy atom. The van der Waals surface area contributed by atoms with Gasteiger partial charge in [0.05, 0.1) is 0 Å². The monoisotopic (exact) mass is 381 g/mol. The SMILES string of the molecule is Cc1ccc(C(=C/C=C/c2ccc(NCC(C)C)cc2)c2ccc(C)cc2)cc1. The number of rotatable bonds is 7. The minimum absolute atomic E-state index is 0.640. The third kappa shape index (κ3) is 6.22. The van der Waals surface area contributed by atoms with E-state index in [2.05, 4.69) is 124 Å². The molecule has 0 heterocycles. The van der Waals surface area contributed by atoms with Gasteiger partial charge in [-0.15, -0.1) is 0 Å². The Morgan fingerprint density at radius 2 is 1.28 bits per heavy atom. The van der Waals surface area contributed by atoms with Crippen molar-refractivity contribution < 1.29 is 0 Å². The van der Waals surface area contributed by atoms with Crippen molar-refractivity contribution in [2.24, 2.45) is 5.92 Å². The van der Waals surface area contributed by atoms with Crippen LogP contribution in [0.3, 0.4) is 0 Å². The normalized spacial score (nSPS) is 11.1. The van der Waals surface area contributed by atoms with Crippen molar-refractivity contribution in [2.45, 2.75) is 27.7 Å². The molecular formula is C28H31N. The first-order valence-electron chi connectivity index (χ1n) is 10.4. The van der Waals surface area contributed by atoms with E-state index >= 15 is 0 Å². The van der Waals surface area contributed by atoms with Gasteiger partial charge in [0.2, 0.25) is 0 Å². The van der Waals surface area contributed by atoms with E-state index in [1.165, 1.54) is 39.1 Å². The second-order valence-electron chi connectivity index (χ2n) is 8.07. The first-order valence-corrected chi connectivity index (χ1v) is 10.4. The number of aryl methyl sites for hydroxylation is 2. The third-order valence-electron chi connectivity index (χ3n) is 4.90. The lowest BCUT2D eigenvalue weighted by molar-refractivity contribution is 0.689. The van der Waals surface area contributed by atoms with Crippen LogP contribution in [0.5, 0.6) is 0 Å². The van der Waals surface area contributed by atoms with Gasteiger partial charge in [-0.1, -0.05) is 104 Å². The molecule has 1 nitrogen and oxygen atoms in total. The van der Waals surface area contributed by atoms with Gasteiger partial charge in [0.15, 0.2) is 0 Å². The molecule has 0 amide bonds. The Kier molecular flexibility index (Phi) is 7.08. The van der Waals surface area contributed by atoms with Crippen LogP contribution in [-0.2, 0) is 0 Å². The molecule has 0 spiro atoms. The van der Waals surface area contributed by atoms with Crippen molar-refractivity contribution in [3.8, 4) is 0 Å². The van der Waals surface area contributed by atoms with Gasteiger partial charge in [-0.05, 0) is 54.2 Å². The molecule has 0 atom stereocenters. The quantitative estimate of drug-likeness (QED) is 0.417. The Balaban J connectivity index is 1.82. The number of allylic oxidation sites excluding steroid dienone is 2. The van der Waals surface area contributed by atoms with Crippen molar-refractivity contribution in [3.05, 3.63) is 113 Å². The van der Waals surface area contributed by atoms with E-state index in [0.29, 0.717) is 5.92 Å². The average Bonchev–Trinajstić information content (AvgIpc) is 2.72. The van der Waals surface area contributed by atoms with Gasteiger partial charge < -0.3 is 5.32 Å². The molecule has 3 rings (SSSR count). The molecule has 29 heavy (non-hydrogen) atoms. The van der Waals surface area contributed by atoms with Crippen LogP contribution in [0.1, 0.15) is 41.7 Å². The number of anilines is 1. The summed E-state index contributed by atoms with van der Waals surface area (Å²) in [4.78, 5) is 0. The molecule has 1 heteroatoms. The molecule has 3 aromatic carbocycles. The highest BCUT2D eigenvalue weighted by atomic mass is 14.9. The summed E-state index contributed by atoms with van der Waals surface area (Å²) < 4.78 is 0. The zero-order valence-electron chi connectivity index (χ0n) is 17.9. The molecule has 0 saturated heterocycles. The molecule has 0 saturated carbocycles. The van der Waals surface area contributed by atoms with Crippen LogP contribution in [0, 0.1) is 19.8 Å². The van der Waals surface area contributed by atoms with E-state index in [0.717, 1.165) is 6.54 Å². The van der Waals surface area contributed by atoms with E-state index in [1.807, 2.05) is 0 Å². The van der Waals surface area contributed by atoms with Crippen LogP contribution in [0.15, 0.2) is 84.9 Å². The summed E-state index contributed by atoms with van der Waals surface area (Å²) >= 11 is 0. The fourth-order valence-corrected chi connectivity index (χ4v) is 3.11. The van der Waals surface area contributed by atoms with Gasteiger partial charge in [-0.25, -0.2) is 0 Å². The smallest absolute Gasteiger partial charge is 0.0340 e. The summed E-state index contributed by atoms with van der Waals surface area (Å²) in [5.41, 5.74) is 8.62. The Bertz CT molecular complexity index is 909. The summed E-state index contributed by atoms with van der Waals surface area (Å²) in [5.74, 6) is 0.640. The Hall–Kier alpha value is -3.06. The van der Waals surface area contributed by atoms with E-state index < -0.39 is 0 Å². The Morgan fingerprint density at radius 1 is 0.759 bits per heavy atom. The fourth-order valence-electron chi connectivity index (χ4n) is 3.11. The minimum Gasteiger partial charge on any atom is -0.385 e. The second kappa shape index (κ2) is 9.93. The van der Waals surface area contributed by atoms with Crippen molar-refractivity contribution in [1.82, 2.24) is 0 Å². The lowest BCUT2D eigenvalue weighted by atomic mass is 9.96. The van der Waals surface area contributed by atoms with Gasteiger partial charge in [-0.2, -0.15) is 0 Å². The molecule has 148 valence electrons. The molecule has 0 aliphatic carbocycles. The maximum atomic E-state index is 3.46. The molecule has 0 aliphatic heterocycles. The zero-order valence-corrected chi connectivity index (χ0v) is 17.9. The molecule has 0 aliphatic rings. The highest BCUT2D eigenvalue weighted by Crippen LogP contribution is 2.24. The standard InChI is InChI=1S/C28H31N/c1-21(2)20-29-27-18-12-24(13-19-27)6-5-7-28(25-14-8-22(3)9-15-25)26-16-10-23(4)11-17-26/h5-19,21,29H,20H2,1-4H3/b6-5+. The highest BCUT2D eigenvalue weighted by Gasteiger charge is 2.04. The molecule has 0 radical (unpaired) electrons. The number of hydrogen-bond acceptors (Lipinski definition) is 1. The Labute approximate surface area is 175 Å². The third-order valence-corrected chi connectivity index (χ3v) is 4.90. The maximum absolute atomic E-state index is 3.46. The van der Waals surface area contributed by atoms with E-state index in [4.69, 9.17) is 0 Å². The van der Waals surface area contributed by atoms with Crippen LogP contribution in [0.2, 0.25) is 0 Å². The van der Waals surface area contributed by atoms with Gasteiger partial charge in [0.25, 0.3) is 0 Å². The van der Waals surface area contributed by atoms with Crippen molar-refractivity contribution in [1.29, 1.82) is 0 Å². The number of benzene rings is 3. The van der Waals surface area contributed by atoms with Crippen molar-refractivity contribution >= 4 is 17.3 Å². The first-order chi connectivity index (χ1) is 14.0. The van der Waals surface area contributed by atoms with Gasteiger partial charge in [-0.3, -0.25) is 0 Å². The predicted octanol–water partition coefficient (Wildman–Crippen LogP) is 7.52. The largest absolute Gasteiger partial charge is 0.385 e. The second-order valence-corrected chi connectivity index (χ2v) is 8.07. The topological polar surface area (TPSA) is 12.0 Å². The highest BCUT2D eigenvalue weighted by molar-refractivity contribution is 5.81. The summed E-state index contributed by atoms with van der Waals surface area (Å²) in [6.07, 6.45) is 6.51. The molecular weight excluding hydrogens is 350 g/mol. The summed E-state index contributed by atoms with van der Waals surface area (Å²) in [6.45, 7) is 9.68. The lowest BCUT2D eigenvalue weighted by Gasteiger charge is -2.09. The lowest BCUT2D eigenvalue weighted by Crippen LogP contribution is -2.07. The minimum atomic E-state index is 0.640. The number of nitrogens with one attached hydrogen (secondary N) is 1. The van der Waals surface area contributed by atoms with Crippen molar-refractivity contribution in [2.75, 3.05) is 11.9 Å². The summed E-state index contributed by atoms with van der Waals surface area (Å²) in [5, 5.41) is 3.46. The van der Waals surface area contributed by atoms with E-state index in [9.17, 15) is 0 Å². The molecule has 0 aromatic heterocycles. The van der Waals surface area contributed by atoms with Crippen LogP contribution < -0.4 is 5.32 Å². The molecule has 0 bridgehead atoms. The summed E-state index contributed by atoms with van der Waals surface area (Å²) in [6, 6.07) is 26.1. The molecule has 1 N–H and O–H groups in total. The molecule has 0 fully saturated rings. The average molecular weight is 382 g/mol. The zero-order chi connectivity index (χ0) is 20.6.